The average molecular weight is 886 g/mol. The van der Waals surface area contributed by atoms with Crippen LogP contribution in [0.3, 0.4) is 0 Å². The van der Waals surface area contributed by atoms with Crippen LogP contribution in [0.25, 0.3) is 0 Å². The number of ether oxygens (including phenoxy) is 4. The van der Waals surface area contributed by atoms with Crippen LogP contribution in [0.1, 0.15) is 114 Å². The summed E-state index contributed by atoms with van der Waals surface area (Å²) < 4.78 is 18.0. The Labute approximate surface area is 299 Å². The fourth-order valence-electron chi connectivity index (χ4n) is 2.97. The van der Waals surface area contributed by atoms with Crippen LogP contribution in [0.15, 0.2) is 12.7 Å². The first-order chi connectivity index (χ1) is 19.9. The number of rotatable bonds is 20. The molecular weight excluding hydrogens is 832 g/mol. The van der Waals surface area contributed by atoms with Crippen LogP contribution in [-0.4, -0.2) is 67.6 Å². The van der Waals surface area contributed by atoms with Crippen molar-refractivity contribution in [3.8, 4) is 0 Å². The van der Waals surface area contributed by atoms with Gasteiger partial charge in [0.05, 0.1) is 12.0 Å². The molecule has 12 heteroatoms. The van der Waals surface area contributed by atoms with Crippen molar-refractivity contribution in [2.75, 3.05) is 26.4 Å². The minimum atomic E-state index is -0.893. The summed E-state index contributed by atoms with van der Waals surface area (Å²) in [6.07, 6.45) is 11.7. The maximum absolute atomic E-state index is 12.0. The van der Waals surface area contributed by atoms with Gasteiger partial charge in [0.25, 0.3) is 0 Å². The number of carbonyl (C=O) groups excluding carboxylic acids is 4. The summed E-state index contributed by atoms with van der Waals surface area (Å²) >= 11 is 13.0. The maximum Gasteiger partial charge on any atom is 0.322 e. The van der Waals surface area contributed by atoms with E-state index in [0.717, 1.165) is 19.3 Å². The predicted molar refractivity (Wildman–Crippen MR) is 191 cm³/mol. The fourth-order valence-corrected chi connectivity index (χ4v) is 3.43. The number of hydrogen-bond donors (Lipinski definition) is 0. The Morgan fingerprint density at radius 1 is 0.500 bits per heavy atom. The van der Waals surface area contributed by atoms with Gasteiger partial charge >= 0.3 is 23.9 Å². The molecule has 0 aliphatic carbocycles. The molecule has 0 heterocycles. The fraction of sp³-hybridized carbons (Fsp3) is 0.812. The number of unbranched alkanes of at least 4 members (excludes halogenated alkanes) is 7. The van der Waals surface area contributed by atoms with Crippen molar-refractivity contribution in [1.82, 2.24) is 0 Å². The summed E-state index contributed by atoms with van der Waals surface area (Å²) in [6, 6.07) is 0. The third kappa shape index (κ3) is 23.8. The maximum atomic E-state index is 12.0. The smallest absolute Gasteiger partial charge is 0.322 e. The minimum absolute atomic E-state index is 0.0765. The molecule has 0 unspecified atom stereocenters. The van der Waals surface area contributed by atoms with Crippen LogP contribution >= 0.6 is 63.7 Å². The molecule has 44 heavy (non-hydrogen) atoms. The average Bonchev–Trinajstić information content (AvgIpc) is 2.88. The molecule has 0 rings (SSSR count). The van der Waals surface area contributed by atoms with Crippen molar-refractivity contribution in [3.05, 3.63) is 12.7 Å². The van der Waals surface area contributed by atoms with E-state index in [0.29, 0.717) is 6.61 Å². The first-order valence-electron chi connectivity index (χ1n) is 14.9. The van der Waals surface area contributed by atoms with Gasteiger partial charge in [-0.05, 0) is 81.6 Å². The second kappa shape index (κ2) is 21.4. The Bertz CT molecular complexity index is 820. The van der Waals surface area contributed by atoms with Gasteiger partial charge in [-0.3, -0.25) is 19.2 Å². The van der Waals surface area contributed by atoms with E-state index in [1.807, 2.05) is 6.08 Å². The van der Waals surface area contributed by atoms with Crippen LogP contribution < -0.4 is 0 Å². The molecule has 0 fully saturated rings. The molecule has 0 saturated heterocycles. The summed E-state index contributed by atoms with van der Waals surface area (Å²) in [5, 5.41) is 0. The van der Waals surface area contributed by atoms with E-state index in [-0.39, 0.29) is 25.8 Å². The molecule has 0 radical (unpaired) electrons. The molecule has 0 N–H and O–H groups in total. The second-order valence-corrected chi connectivity index (χ2v) is 21.0. The highest BCUT2D eigenvalue weighted by Crippen LogP contribution is 2.26. The summed E-state index contributed by atoms with van der Waals surface area (Å²) in [6.45, 7) is 19.3. The van der Waals surface area contributed by atoms with Gasteiger partial charge in [-0.25, -0.2) is 0 Å². The quantitative estimate of drug-likeness (QED) is 0.0392. The van der Waals surface area contributed by atoms with Gasteiger partial charge in [-0.15, -0.1) is 6.58 Å². The molecular formula is C32H54Br4O8. The number of esters is 4. The third-order valence-electron chi connectivity index (χ3n) is 5.88. The van der Waals surface area contributed by atoms with Crippen molar-refractivity contribution < 1.29 is 38.1 Å². The summed E-state index contributed by atoms with van der Waals surface area (Å²) in [4.78, 5) is 47.4. The van der Waals surface area contributed by atoms with Crippen LogP contribution in [-0.2, 0) is 38.1 Å². The van der Waals surface area contributed by atoms with Crippen LogP contribution in [0.2, 0.25) is 0 Å². The van der Waals surface area contributed by atoms with E-state index in [1.54, 1.807) is 62.3 Å². The Balaban J connectivity index is 0. The summed E-state index contributed by atoms with van der Waals surface area (Å²) in [5.41, 5.74) is -0.893. The second-order valence-electron chi connectivity index (χ2n) is 13.1. The number of allylic oxidation sites excluding steroid dienone is 1. The van der Waals surface area contributed by atoms with Gasteiger partial charge in [0, 0.05) is 0 Å². The molecule has 0 aromatic heterocycles. The van der Waals surface area contributed by atoms with Crippen LogP contribution in [0, 0.1) is 5.41 Å². The van der Waals surface area contributed by atoms with Gasteiger partial charge in [0.2, 0.25) is 0 Å². The zero-order valence-corrected chi connectivity index (χ0v) is 34.4. The minimum Gasteiger partial charge on any atom is -0.465 e. The van der Waals surface area contributed by atoms with Crippen molar-refractivity contribution in [2.24, 2.45) is 5.41 Å². The Hall–Kier alpha value is -0.460. The van der Waals surface area contributed by atoms with Crippen molar-refractivity contribution in [3.63, 3.8) is 0 Å². The van der Waals surface area contributed by atoms with Gasteiger partial charge < -0.3 is 18.9 Å². The van der Waals surface area contributed by atoms with Crippen LogP contribution in [0.5, 0.6) is 0 Å². The molecule has 0 aliphatic heterocycles. The lowest BCUT2D eigenvalue weighted by molar-refractivity contribution is -0.162. The molecule has 0 bridgehead atoms. The van der Waals surface area contributed by atoms with E-state index in [9.17, 15) is 19.2 Å². The highest BCUT2D eigenvalue weighted by Gasteiger charge is 2.37. The standard InChI is InChI=1S/C17H27Br3O6.C15H27BrO2/c1-14(2,18)11(21)24-8-17(7,9-25-12(22)15(3,4)19)10-26-13(23)16(5,6)20;1-4-5-6-7-8-9-10-11-12-13-18-14(17)15(2,3)16/h8-10H2,1-7H3;4H,1,5-13H2,2-3H3. The zero-order valence-electron chi connectivity index (χ0n) is 28.0. The Morgan fingerprint density at radius 2 is 0.773 bits per heavy atom. The Morgan fingerprint density at radius 3 is 1.07 bits per heavy atom. The monoisotopic (exact) mass is 882 g/mol. The van der Waals surface area contributed by atoms with Crippen molar-refractivity contribution in [1.29, 1.82) is 0 Å². The number of hydrogen-bond acceptors (Lipinski definition) is 8. The lowest BCUT2D eigenvalue weighted by atomic mass is 9.94. The molecule has 0 spiro atoms. The van der Waals surface area contributed by atoms with Crippen LogP contribution in [0.4, 0.5) is 0 Å². The number of carbonyl (C=O) groups is 4. The van der Waals surface area contributed by atoms with E-state index in [4.69, 9.17) is 18.9 Å². The van der Waals surface area contributed by atoms with E-state index >= 15 is 0 Å². The molecule has 8 nitrogen and oxygen atoms in total. The molecule has 0 aromatic rings. The highest BCUT2D eigenvalue weighted by molar-refractivity contribution is 9.10. The van der Waals surface area contributed by atoms with E-state index < -0.39 is 40.6 Å². The molecule has 0 amide bonds. The Kier molecular flexibility index (Phi) is 22.2. The normalized spacial score (nSPS) is 12.4. The molecule has 0 atom stereocenters. The summed E-state index contributed by atoms with van der Waals surface area (Å²) in [7, 11) is 0. The van der Waals surface area contributed by atoms with Gasteiger partial charge in [0.15, 0.2) is 0 Å². The third-order valence-corrected chi connectivity index (χ3v) is 7.18. The number of alkyl halides is 4. The largest absolute Gasteiger partial charge is 0.465 e. The van der Waals surface area contributed by atoms with Gasteiger partial charge in [-0.1, -0.05) is 102 Å². The number of halogens is 4. The summed E-state index contributed by atoms with van der Waals surface area (Å²) in [5.74, 6) is -1.58. The van der Waals surface area contributed by atoms with E-state index in [2.05, 4.69) is 70.3 Å². The zero-order chi connectivity index (χ0) is 34.8. The van der Waals surface area contributed by atoms with E-state index in [1.165, 1.54) is 32.1 Å². The molecule has 0 aromatic carbocycles. The molecule has 258 valence electrons. The highest BCUT2D eigenvalue weighted by atomic mass is 79.9. The molecule has 0 aliphatic rings. The topological polar surface area (TPSA) is 105 Å². The first kappa shape index (κ1) is 45.7. The predicted octanol–water partition coefficient (Wildman–Crippen LogP) is 9.15. The van der Waals surface area contributed by atoms with Gasteiger partial charge in [0.1, 0.15) is 37.1 Å². The van der Waals surface area contributed by atoms with Crippen molar-refractivity contribution >= 4 is 87.6 Å². The lowest BCUT2D eigenvalue weighted by Crippen LogP contribution is -2.41. The van der Waals surface area contributed by atoms with Crippen molar-refractivity contribution in [2.45, 2.75) is 131 Å². The molecule has 0 saturated carbocycles. The first-order valence-corrected chi connectivity index (χ1v) is 18.1. The lowest BCUT2D eigenvalue weighted by Gasteiger charge is -2.31. The SMILES string of the molecule is C=CCCCCCCCCCOC(=O)C(C)(C)Br.CC(COC(=O)C(C)(C)Br)(COC(=O)C(C)(C)Br)COC(=O)C(C)(C)Br. The van der Waals surface area contributed by atoms with Gasteiger partial charge in [-0.2, -0.15) is 0 Å².